The molecule has 2 bridgehead atoms. The Hall–Kier alpha value is -0.570. The molecule has 3 nitrogen and oxygen atoms in total. The van der Waals surface area contributed by atoms with Crippen LogP contribution in [0, 0.1) is 5.92 Å². The standard InChI is InChI=1S/C9H16N2O/c1-10-9(12)6-4-7-2-3-8(5-6)11-7/h6-8,11H,2-5H2,1H3,(H,10,12). The molecule has 2 aliphatic rings. The van der Waals surface area contributed by atoms with Crippen molar-refractivity contribution in [3.8, 4) is 0 Å². The number of piperidine rings is 1. The van der Waals surface area contributed by atoms with E-state index in [-0.39, 0.29) is 11.8 Å². The van der Waals surface area contributed by atoms with Gasteiger partial charge in [-0.25, -0.2) is 0 Å². The van der Waals surface area contributed by atoms with Gasteiger partial charge in [-0.1, -0.05) is 0 Å². The van der Waals surface area contributed by atoms with E-state index in [1.54, 1.807) is 7.05 Å². The van der Waals surface area contributed by atoms with Gasteiger partial charge >= 0.3 is 0 Å². The Kier molecular flexibility index (Phi) is 2.05. The lowest BCUT2D eigenvalue weighted by atomic mass is 9.92. The fraction of sp³-hybridized carbons (Fsp3) is 0.889. The lowest BCUT2D eigenvalue weighted by Gasteiger charge is -2.27. The number of fused-ring (bicyclic) bond motifs is 2. The van der Waals surface area contributed by atoms with Crippen molar-refractivity contribution >= 4 is 5.91 Å². The van der Waals surface area contributed by atoms with Crippen LogP contribution < -0.4 is 10.6 Å². The summed E-state index contributed by atoms with van der Waals surface area (Å²) in [6.07, 6.45) is 4.60. The van der Waals surface area contributed by atoms with Crippen molar-refractivity contribution in [2.45, 2.75) is 37.8 Å². The fourth-order valence-electron chi connectivity index (χ4n) is 2.48. The molecule has 2 heterocycles. The van der Waals surface area contributed by atoms with E-state index >= 15 is 0 Å². The zero-order valence-electron chi connectivity index (χ0n) is 7.47. The van der Waals surface area contributed by atoms with Crippen LogP contribution in [0.15, 0.2) is 0 Å². The van der Waals surface area contributed by atoms with Crippen LogP contribution in [0.1, 0.15) is 25.7 Å². The number of amides is 1. The second-order valence-electron chi connectivity index (χ2n) is 3.92. The molecule has 2 atom stereocenters. The summed E-state index contributed by atoms with van der Waals surface area (Å²) in [6.45, 7) is 0. The van der Waals surface area contributed by atoms with E-state index < -0.39 is 0 Å². The summed E-state index contributed by atoms with van der Waals surface area (Å²) in [6, 6.07) is 1.23. The first kappa shape index (κ1) is 8.05. The van der Waals surface area contributed by atoms with Gasteiger partial charge in [0, 0.05) is 25.0 Å². The highest BCUT2D eigenvalue weighted by Crippen LogP contribution is 2.30. The van der Waals surface area contributed by atoms with E-state index in [0.717, 1.165) is 12.8 Å². The normalized spacial score (nSPS) is 39.6. The molecule has 12 heavy (non-hydrogen) atoms. The number of carbonyl (C=O) groups excluding carboxylic acids is 1. The molecule has 2 saturated heterocycles. The number of hydrogen-bond acceptors (Lipinski definition) is 2. The van der Waals surface area contributed by atoms with Gasteiger partial charge in [-0.2, -0.15) is 0 Å². The third-order valence-electron chi connectivity index (χ3n) is 3.09. The highest BCUT2D eigenvalue weighted by Gasteiger charge is 2.36. The van der Waals surface area contributed by atoms with E-state index in [4.69, 9.17) is 0 Å². The average molecular weight is 168 g/mol. The summed E-state index contributed by atoms with van der Waals surface area (Å²) in [5, 5.41) is 6.26. The van der Waals surface area contributed by atoms with E-state index in [9.17, 15) is 4.79 Å². The third kappa shape index (κ3) is 1.33. The molecule has 2 rings (SSSR count). The number of rotatable bonds is 1. The molecule has 2 N–H and O–H groups in total. The lowest BCUT2D eigenvalue weighted by molar-refractivity contribution is -0.125. The molecule has 3 heteroatoms. The lowest BCUT2D eigenvalue weighted by Crippen LogP contribution is -2.43. The minimum atomic E-state index is 0.230. The SMILES string of the molecule is CNC(=O)C1CC2CCC(C1)N2. The van der Waals surface area contributed by atoms with Crippen LogP contribution in [0.5, 0.6) is 0 Å². The molecule has 0 saturated carbocycles. The summed E-state index contributed by atoms with van der Waals surface area (Å²) in [7, 11) is 1.73. The second kappa shape index (κ2) is 3.05. The van der Waals surface area contributed by atoms with Gasteiger partial charge in [0.05, 0.1) is 0 Å². The van der Waals surface area contributed by atoms with Crippen molar-refractivity contribution in [2.24, 2.45) is 5.92 Å². The Bertz CT molecular complexity index is 181. The number of nitrogens with one attached hydrogen (secondary N) is 2. The molecule has 0 aromatic rings. The minimum absolute atomic E-state index is 0.230. The van der Waals surface area contributed by atoms with Crippen LogP contribution in [0.4, 0.5) is 0 Å². The summed E-state index contributed by atoms with van der Waals surface area (Å²) >= 11 is 0. The van der Waals surface area contributed by atoms with Gasteiger partial charge in [0.15, 0.2) is 0 Å². The van der Waals surface area contributed by atoms with Crippen LogP contribution in [-0.4, -0.2) is 25.0 Å². The largest absolute Gasteiger partial charge is 0.359 e. The highest BCUT2D eigenvalue weighted by molar-refractivity contribution is 5.78. The molecule has 0 radical (unpaired) electrons. The van der Waals surface area contributed by atoms with Crippen molar-refractivity contribution in [3.05, 3.63) is 0 Å². The maximum Gasteiger partial charge on any atom is 0.222 e. The predicted molar refractivity (Wildman–Crippen MR) is 46.7 cm³/mol. The second-order valence-corrected chi connectivity index (χ2v) is 3.92. The van der Waals surface area contributed by atoms with Crippen LogP contribution in [0.3, 0.4) is 0 Å². The summed E-state index contributed by atoms with van der Waals surface area (Å²) in [5.74, 6) is 0.502. The van der Waals surface area contributed by atoms with E-state index in [1.165, 1.54) is 12.8 Å². The zero-order valence-corrected chi connectivity index (χ0v) is 7.47. The predicted octanol–water partition coefficient (Wildman–Crippen LogP) is 0.263. The van der Waals surface area contributed by atoms with Gasteiger partial charge in [-0.05, 0) is 25.7 Å². The number of hydrogen-bond donors (Lipinski definition) is 2. The first-order valence-electron chi connectivity index (χ1n) is 4.77. The van der Waals surface area contributed by atoms with E-state index in [1.807, 2.05) is 0 Å². The van der Waals surface area contributed by atoms with Crippen LogP contribution in [0.25, 0.3) is 0 Å². The maximum atomic E-state index is 11.3. The first-order chi connectivity index (χ1) is 5.79. The van der Waals surface area contributed by atoms with Crippen LogP contribution >= 0.6 is 0 Å². The molecular formula is C9H16N2O. The fourth-order valence-corrected chi connectivity index (χ4v) is 2.48. The Labute approximate surface area is 72.9 Å². The molecule has 0 aromatic heterocycles. The van der Waals surface area contributed by atoms with Gasteiger partial charge in [0.25, 0.3) is 0 Å². The molecule has 0 spiro atoms. The van der Waals surface area contributed by atoms with Crippen molar-refractivity contribution in [1.29, 1.82) is 0 Å². The van der Waals surface area contributed by atoms with Crippen LogP contribution in [0.2, 0.25) is 0 Å². The van der Waals surface area contributed by atoms with Gasteiger partial charge in [0.1, 0.15) is 0 Å². The Morgan fingerprint density at radius 2 is 1.92 bits per heavy atom. The van der Waals surface area contributed by atoms with Crippen molar-refractivity contribution in [1.82, 2.24) is 10.6 Å². The maximum absolute atomic E-state index is 11.3. The Morgan fingerprint density at radius 3 is 2.42 bits per heavy atom. The molecule has 0 aliphatic carbocycles. The molecule has 2 aliphatic heterocycles. The summed E-state index contributed by atoms with van der Waals surface area (Å²) in [5.41, 5.74) is 0. The smallest absolute Gasteiger partial charge is 0.222 e. The van der Waals surface area contributed by atoms with E-state index in [2.05, 4.69) is 10.6 Å². The average Bonchev–Trinajstić information content (AvgIpc) is 2.44. The van der Waals surface area contributed by atoms with Gasteiger partial charge in [0.2, 0.25) is 5.91 Å². The van der Waals surface area contributed by atoms with Gasteiger partial charge in [-0.3, -0.25) is 4.79 Å². The quantitative estimate of drug-likeness (QED) is 0.590. The van der Waals surface area contributed by atoms with Crippen LogP contribution in [-0.2, 0) is 4.79 Å². The molecule has 2 unspecified atom stereocenters. The van der Waals surface area contributed by atoms with Crippen molar-refractivity contribution in [2.75, 3.05) is 7.05 Å². The Balaban J connectivity index is 1.98. The first-order valence-corrected chi connectivity index (χ1v) is 4.77. The van der Waals surface area contributed by atoms with Gasteiger partial charge in [-0.15, -0.1) is 0 Å². The molecule has 0 aromatic carbocycles. The van der Waals surface area contributed by atoms with E-state index in [0.29, 0.717) is 12.1 Å². The minimum Gasteiger partial charge on any atom is -0.359 e. The van der Waals surface area contributed by atoms with Crippen molar-refractivity contribution in [3.63, 3.8) is 0 Å². The monoisotopic (exact) mass is 168 g/mol. The molecule has 1 amide bonds. The molecular weight excluding hydrogens is 152 g/mol. The Morgan fingerprint density at radius 1 is 1.33 bits per heavy atom. The summed E-state index contributed by atoms with van der Waals surface area (Å²) in [4.78, 5) is 11.3. The third-order valence-corrected chi connectivity index (χ3v) is 3.09. The molecule has 2 fully saturated rings. The highest BCUT2D eigenvalue weighted by atomic mass is 16.1. The number of carbonyl (C=O) groups is 1. The topological polar surface area (TPSA) is 41.1 Å². The summed E-state index contributed by atoms with van der Waals surface area (Å²) < 4.78 is 0. The van der Waals surface area contributed by atoms with Crippen molar-refractivity contribution < 1.29 is 4.79 Å². The van der Waals surface area contributed by atoms with Gasteiger partial charge < -0.3 is 10.6 Å². The zero-order chi connectivity index (χ0) is 8.55. The molecule has 68 valence electrons.